The van der Waals surface area contributed by atoms with Gasteiger partial charge in [-0.25, -0.2) is 11.6 Å². The summed E-state index contributed by atoms with van der Waals surface area (Å²) >= 11 is 0. The molecule has 1 aliphatic carbocycles. The van der Waals surface area contributed by atoms with E-state index in [1.807, 2.05) is 91.0 Å². The van der Waals surface area contributed by atoms with Gasteiger partial charge in [-0.3, -0.25) is 6.08 Å². The Balaban J connectivity index is 0.000000356. The van der Waals surface area contributed by atoms with Crippen molar-refractivity contribution in [2.24, 2.45) is 0 Å². The van der Waals surface area contributed by atoms with Crippen molar-refractivity contribution in [3.63, 3.8) is 0 Å². The van der Waals surface area contributed by atoms with E-state index in [-0.39, 0.29) is 26.2 Å². The van der Waals surface area contributed by atoms with Gasteiger partial charge in [-0.2, -0.15) is 79.4 Å². The maximum Gasteiger partial charge on any atom is 4.00 e. The molecule has 1 heteroatoms. The third-order valence-electron chi connectivity index (χ3n) is 3.65. The summed E-state index contributed by atoms with van der Waals surface area (Å²) < 4.78 is 0. The Morgan fingerprint density at radius 3 is 1.00 bits per heavy atom. The van der Waals surface area contributed by atoms with Gasteiger partial charge in [0, 0.05) is 0 Å². The van der Waals surface area contributed by atoms with Crippen LogP contribution in [0.15, 0.2) is 108 Å². The molecular formula is C28H30Zr. The molecule has 0 unspecified atom stereocenters. The van der Waals surface area contributed by atoms with Gasteiger partial charge in [0.25, 0.3) is 0 Å². The van der Waals surface area contributed by atoms with Gasteiger partial charge in [-0.15, -0.1) is 36.4 Å². The molecule has 0 aliphatic heterocycles. The second-order valence-corrected chi connectivity index (χ2v) is 6.45. The fourth-order valence-corrected chi connectivity index (χ4v) is 2.18. The Morgan fingerprint density at radius 2 is 0.897 bits per heavy atom. The van der Waals surface area contributed by atoms with E-state index in [1.165, 1.54) is 11.1 Å². The topological polar surface area (TPSA) is 0 Å². The van der Waals surface area contributed by atoms with Gasteiger partial charge < -0.3 is 0 Å². The van der Waals surface area contributed by atoms with Crippen LogP contribution in [0.3, 0.4) is 0 Å². The molecular weight excluding hydrogens is 428 g/mol. The van der Waals surface area contributed by atoms with Crippen molar-refractivity contribution < 1.29 is 26.2 Å². The van der Waals surface area contributed by atoms with Gasteiger partial charge in [-0.05, 0) is 0 Å². The van der Waals surface area contributed by atoms with Gasteiger partial charge >= 0.3 is 26.2 Å². The molecule has 0 radical (unpaired) electrons. The van der Waals surface area contributed by atoms with Crippen molar-refractivity contribution in [1.82, 2.24) is 0 Å². The molecule has 3 aromatic rings. The molecule has 1 aliphatic rings. The first-order valence-corrected chi connectivity index (χ1v) is 9.34. The van der Waals surface area contributed by atoms with E-state index in [2.05, 4.69) is 46.8 Å². The Bertz CT molecular complexity index is 727. The number of hydrogen-bond acceptors (Lipinski definition) is 0. The van der Waals surface area contributed by atoms with Crippen molar-refractivity contribution in [3.05, 3.63) is 152 Å². The van der Waals surface area contributed by atoms with E-state index in [9.17, 15) is 0 Å². The molecule has 0 aromatic heterocycles. The molecule has 0 atom stereocenters. The van der Waals surface area contributed by atoms with Crippen LogP contribution in [0.5, 0.6) is 0 Å². The first-order valence-electron chi connectivity index (χ1n) is 9.34. The zero-order valence-electron chi connectivity index (χ0n) is 17.6. The summed E-state index contributed by atoms with van der Waals surface area (Å²) in [6.45, 7) is 15.3. The van der Waals surface area contributed by atoms with E-state index < -0.39 is 0 Å². The summed E-state index contributed by atoms with van der Waals surface area (Å²) in [7, 11) is 0. The molecule has 0 saturated carbocycles. The second kappa shape index (κ2) is 16.6. The molecule has 146 valence electrons. The fourth-order valence-electron chi connectivity index (χ4n) is 2.18. The third-order valence-corrected chi connectivity index (χ3v) is 3.65. The van der Waals surface area contributed by atoms with Gasteiger partial charge in [-0.1, -0.05) is 38.5 Å². The number of benzene rings is 3. The SMILES string of the molecule is CC1=[C-]C(C)=CC1.[CH2-]c1ccccc1.[CH2-]c1ccccc1.[CH2-]c1ccccc1.[Zr+4]. The van der Waals surface area contributed by atoms with Crippen LogP contribution < -0.4 is 0 Å². The van der Waals surface area contributed by atoms with E-state index >= 15 is 0 Å². The molecule has 0 bridgehead atoms. The molecule has 0 nitrogen and oxygen atoms in total. The first-order chi connectivity index (χ1) is 13.5. The molecule has 0 heterocycles. The van der Waals surface area contributed by atoms with Crippen molar-refractivity contribution >= 4 is 0 Å². The number of rotatable bonds is 0. The Morgan fingerprint density at radius 1 is 0.586 bits per heavy atom. The van der Waals surface area contributed by atoms with Gasteiger partial charge in [0.1, 0.15) is 0 Å². The zero-order chi connectivity index (χ0) is 20.6. The monoisotopic (exact) mass is 456 g/mol. The Hall–Kier alpha value is -2.37. The van der Waals surface area contributed by atoms with E-state index in [0.717, 1.165) is 23.1 Å². The predicted octanol–water partition coefficient (Wildman–Crippen LogP) is 7.69. The molecule has 3 aromatic carbocycles. The third kappa shape index (κ3) is 15.3. The largest absolute Gasteiger partial charge is 4.00 e. The molecule has 29 heavy (non-hydrogen) atoms. The Labute approximate surface area is 197 Å². The molecule has 0 spiro atoms. The van der Waals surface area contributed by atoms with Crippen LogP contribution in [0.2, 0.25) is 0 Å². The molecule has 0 fully saturated rings. The summed E-state index contributed by atoms with van der Waals surface area (Å²) in [5, 5.41) is 0. The minimum Gasteiger partial charge on any atom is -0.250 e. The zero-order valence-corrected chi connectivity index (χ0v) is 20.0. The average molecular weight is 458 g/mol. The van der Waals surface area contributed by atoms with E-state index in [4.69, 9.17) is 0 Å². The summed E-state index contributed by atoms with van der Waals surface area (Å²) in [6, 6.07) is 29.6. The van der Waals surface area contributed by atoms with Crippen molar-refractivity contribution in [1.29, 1.82) is 0 Å². The maximum absolute atomic E-state index is 3.72. The van der Waals surface area contributed by atoms with Crippen LogP contribution >= 0.6 is 0 Å². The fraction of sp³-hybridized carbons (Fsp3) is 0.107. The van der Waals surface area contributed by atoms with Crippen LogP contribution in [0.1, 0.15) is 37.0 Å². The van der Waals surface area contributed by atoms with Gasteiger partial charge in [0.15, 0.2) is 0 Å². The molecule has 0 N–H and O–H groups in total. The smallest absolute Gasteiger partial charge is 0.250 e. The molecule has 0 saturated heterocycles. The minimum atomic E-state index is 0. The summed E-state index contributed by atoms with van der Waals surface area (Å²) in [5.41, 5.74) is 5.86. The van der Waals surface area contributed by atoms with Crippen molar-refractivity contribution in [2.75, 3.05) is 0 Å². The van der Waals surface area contributed by atoms with Gasteiger partial charge in [0.05, 0.1) is 0 Å². The predicted molar refractivity (Wildman–Crippen MR) is 124 cm³/mol. The normalized spacial score (nSPS) is 10.8. The van der Waals surface area contributed by atoms with Crippen molar-refractivity contribution in [3.8, 4) is 0 Å². The maximum atomic E-state index is 3.72. The molecule has 0 amide bonds. The van der Waals surface area contributed by atoms with Gasteiger partial charge in [0.2, 0.25) is 0 Å². The van der Waals surface area contributed by atoms with E-state index in [0.29, 0.717) is 0 Å². The van der Waals surface area contributed by atoms with Crippen LogP contribution in [0.4, 0.5) is 0 Å². The van der Waals surface area contributed by atoms with Crippen molar-refractivity contribution in [2.45, 2.75) is 20.3 Å². The Kier molecular flexibility index (Phi) is 15.2. The summed E-state index contributed by atoms with van der Waals surface area (Å²) in [5.74, 6) is 0. The second-order valence-electron chi connectivity index (χ2n) is 6.45. The summed E-state index contributed by atoms with van der Waals surface area (Å²) in [6.07, 6.45) is 6.50. The number of hydrogen-bond donors (Lipinski definition) is 0. The van der Waals surface area contributed by atoms with E-state index in [1.54, 1.807) is 0 Å². The number of allylic oxidation sites excluding steroid dienone is 4. The van der Waals surface area contributed by atoms with Crippen LogP contribution in [0, 0.1) is 26.8 Å². The average Bonchev–Trinajstić information content (AvgIpc) is 3.08. The standard InChI is InChI=1S/C7H9.3C7H7.Zr/c1-6-3-4-7(2)5-6;3*1-7-5-3-2-4-6-7;/h3H,4H2,1-2H3;3*2-6H,1H2;/q4*-1;+4. The quantitative estimate of drug-likeness (QED) is 0.304. The van der Waals surface area contributed by atoms with Crippen LogP contribution in [-0.4, -0.2) is 0 Å². The summed E-state index contributed by atoms with van der Waals surface area (Å²) in [4.78, 5) is 0. The first kappa shape index (κ1) is 26.6. The minimum absolute atomic E-state index is 0. The molecule has 4 rings (SSSR count). The van der Waals surface area contributed by atoms with Crippen LogP contribution in [0.25, 0.3) is 0 Å². The van der Waals surface area contributed by atoms with Crippen LogP contribution in [-0.2, 0) is 26.2 Å².